The van der Waals surface area contributed by atoms with Gasteiger partial charge < -0.3 is 15.0 Å². The monoisotopic (exact) mass is 288 g/mol. The Labute approximate surface area is 123 Å². The minimum atomic E-state index is -0.328. The number of aromatic nitrogens is 1. The second-order valence-corrected chi connectivity index (χ2v) is 4.80. The van der Waals surface area contributed by atoms with Gasteiger partial charge in [0.15, 0.2) is 0 Å². The van der Waals surface area contributed by atoms with Gasteiger partial charge in [-0.15, -0.1) is 0 Å². The maximum atomic E-state index is 11.6. The van der Waals surface area contributed by atoms with Crippen molar-refractivity contribution in [2.45, 2.75) is 26.2 Å². The molecule has 2 aromatic rings. The highest BCUT2D eigenvalue weighted by molar-refractivity contribution is 5.81. The summed E-state index contributed by atoms with van der Waals surface area (Å²) >= 11 is 0. The molecule has 0 aliphatic heterocycles. The molecule has 1 aromatic heterocycles. The van der Waals surface area contributed by atoms with E-state index in [-0.39, 0.29) is 24.7 Å². The highest BCUT2D eigenvalue weighted by Crippen LogP contribution is 2.14. The van der Waals surface area contributed by atoms with Gasteiger partial charge in [-0.25, -0.2) is 0 Å². The van der Waals surface area contributed by atoms with Gasteiger partial charge >= 0.3 is 5.97 Å². The van der Waals surface area contributed by atoms with Crippen molar-refractivity contribution in [1.82, 2.24) is 10.3 Å². The van der Waals surface area contributed by atoms with Crippen LogP contribution in [0.4, 0.5) is 0 Å². The lowest BCUT2D eigenvalue weighted by Gasteiger charge is -2.06. The molecule has 0 spiro atoms. The average Bonchev–Trinajstić information content (AvgIpc) is 2.93. The largest absolute Gasteiger partial charge is 0.466 e. The summed E-state index contributed by atoms with van der Waals surface area (Å²) in [6.07, 6.45) is 2.99. The molecule has 2 rings (SSSR count). The van der Waals surface area contributed by atoms with Gasteiger partial charge in [0.2, 0.25) is 5.91 Å². The van der Waals surface area contributed by atoms with Crippen LogP contribution in [0.2, 0.25) is 0 Å². The number of amides is 1. The van der Waals surface area contributed by atoms with Gasteiger partial charge in [-0.05, 0) is 42.5 Å². The number of esters is 1. The molecule has 0 atom stereocenters. The van der Waals surface area contributed by atoms with Crippen LogP contribution in [0.25, 0.3) is 10.9 Å². The number of hydrogen-bond acceptors (Lipinski definition) is 3. The maximum absolute atomic E-state index is 11.6. The number of benzene rings is 1. The third kappa shape index (κ3) is 4.63. The Morgan fingerprint density at radius 2 is 2.10 bits per heavy atom. The fourth-order valence-corrected chi connectivity index (χ4v) is 2.14. The number of aromatic amines is 1. The van der Waals surface area contributed by atoms with Gasteiger partial charge in [-0.3, -0.25) is 9.59 Å². The molecule has 0 aliphatic rings. The molecule has 1 aromatic carbocycles. The summed E-state index contributed by atoms with van der Waals surface area (Å²) in [4.78, 5) is 25.9. The number of carbonyl (C=O) groups excluding carboxylic acids is 2. The number of carbonyl (C=O) groups is 2. The SMILES string of the molecule is CCOC(=O)CCC(=O)NCCc1ccc2[nH]ccc2c1. The second-order valence-electron chi connectivity index (χ2n) is 4.80. The Balaban J connectivity index is 1.71. The molecule has 0 saturated carbocycles. The van der Waals surface area contributed by atoms with Crippen LogP contribution in [-0.2, 0) is 20.7 Å². The molecule has 2 N–H and O–H groups in total. The summed E-state index contributed by atoms with van der Waals surface area (Å²) in [5.41, 5.74) is 2.28. The van der Waals surface area contributed by atoms with Crippen LogP contribution in [-0.4, -0.2) is 30.0 Å². The van der Waals surface area contributed by atoms with E-state index in [2.05, 4.69) is 16.4 Å². The fraction of sp³-hybridized carbons (Fsp3) is 0.375. The van der Waals surface area contributed by atoms with E-state index >= 15 is 0 Å². The average molecular weight is 288 g/mol. The Kier molecular flexibility index (Phi) is 5.37. The fourth-order valence-electron chi connectivity index (χ4n) is 2.14. The Hall–Kier alpha value is -2.30. The topological polar surface area (TPSA) is 71.2 Å². The van der Waals surface area contributed by atoms with Gasteiger partial charge in [0.25, 0.3) is 0 Å². The van der Waals surface area contributed by atoms with Crippen LogP contribution in [0.1, 0.15) is 25.3 Å². The number of hydrogen-bond donors (Lipinski definition) is 2. The quantitative estimate of drug-likeness (QED) is 0.767. The highest BCUT2D eigenvalue weighted by atomic mass is 16.5. The normalized spacial score (nSPS) is 10.5. The lowest BCUT2D eigenvalue weighted by atomic mass is 10.1. The summed E-state index contributed by atoms with van der Waals surface area (Å²) in [5.74, 6) is -0.448. The first kappa shape index (κ1) is 15.1. The number of fused-ring (bicyclic) bond motifs is 1. The predicted octanol–water partition coefficient (Wildman–Crippen LogP) is 2.17. The summed E-state index contributed by atoms with van der Waals surface area (Å²) < 4.78 is 4.78. The maximum Gasteiger partial charge on any atom is 0.306 e. The van der Waals surface area contributed by atoms with E-state index in [1.165, 1.54) is 10.9 Å². The zero-order chi connectivity index (χ0) is 15.1. The van der Waals surface area contributed by atoms with Crippen molar-refractivity contribution in [3.63, 3.8) is 0 Å². The van der Waals surface area contributed by atoms with Crippen LogP contribution in [0, 0.1) is 0 Å². The molecular weight excluding hydrogens is 268 g/mol. The van der Waals surface area contributed by atoms with Crippen molar-refractivity contribution < 1.29 is 14.3 Å². The highest BCUT2D eigenvalue weighted by Gasteiger charge is 2.07. The van der Waals surface area contributed by atoms with Crippen molar-refractivity contribution in [3.8, 4) is 0 Å². The minimum Gasteiger partial charge on any atom is -0.466 e. The zero-order valence-electron chi connectivity index (χ0n) is 12.1. The molecule has 0 unspecified atom stereocenters. The summed E-state index contributed by atoms with van der Waals surface area (Å²) in [6, 6.07) is 8.21. The molecular formula is C16H20N2O3. The van der Waals surface area contributed by atoms with Crippen LogP contribution in [0.5, 0.6) is 0 Å². The standard InChI is InChI=1S/C16H20N2O3/c1-2-21-16(20)6-5-15(19)18-9-7-12-3-4-14-13(11-12)8-10-17-14/h3-4,8,10-11,17H,2,5-7,9H2,1H3,(H,18,19). The summed E-state index contributed by atoms with van der Waals surface area (Å²) in [6.45, 7) is 2.67. The Bertz CT molecular complexity index is 619. The Morgan fingerprint density at radius 1 is 1.24 bits per heavy atom. The first-order valence-electron chi connectivity index (χ1n) is 7.17. The van der Waals surface area contributed by atoms with E-state index in [1.807, 2.05) is 24.4 Å². The number of rotatable bonds is 7. The molecule has 5 heteroatoms. The minimum absolute atomic E-state index is 0.120. The summed E-state index contributed by atoms with van der Waals surface area (Å²) in [5, 5.41) is 3.98. The van der Waals surface area contributed by atoms with Gasteiger partial charge in [0.1, 0.15) is 0 Å². The number of ether oxygens (including phenoxy) is 1. The van der Waals surface area contributed by atoms with Crippen molar-refractivity contribution in [3.05, 3.63) is 36.0 Å². The molecule has 0 aliphatic carbocycles. The summed E-state index contributed by atoms with van der Waals surface area (Å²) in [7, 11) is 0. The molecule has 1 amide bonds. The van der Waals surface area contributed by atoms with Crippen LogP contribution < -0.4 is 5.32 Å². The second kappa shape index (κ2) is 7.47. The van der Waals surface area contributed by atoms with Gasteiger partial charge in [0.05, 0.1) is 13.0 Å². The van der Waals surface area contributed by atoms with Crippen LogP contribution in [0.3, 0.4) is 0 Å². The van der Waals surface area contributed by atoms with Gasteiger partial charge in [-0.2, -0.15) is 0 Å². The number of nitrogens with one attached hydrogen (secondary N) is 2. The lowest BCUT2D eigenvalue weighted by Crippen LogP contribution is -2.26. The molecule has 112 valence electrons. The predicted molar refractivity (Wildman–Crippen MR) is 80.9 cm³/mol. The van der Waals surface area contributed by atoms with E-state index in [9.17, 15) is 9.59 Å². The molecule has 0 bridgehead atoms. The van der Waals surface area contributed by atoms with E-state index in [4.69, 9.17) is 4.74 Å². The van der Waals surface area contributed by atoms with Crippen molar-refractivity contribution in [2.75, 3.05) is 13.2 Å². The van der Waals surface area contributed by atoms with Crippen molar-refractivity contribution in [1.29, 1.82) is 0 Å². The molecule has 5 nitrogen and oxygen atoms in total. The Morgan fingerprint density at radius 3 is 2.90 bits per heavy atom. The molecule has 0 radical (unpaired) electrons. The first-order valence-corrected chi connectivity index (χ1v) is 7.17. The molecule has 0 fully saturated rings. The van der Waals surface area contributed by atoms with Crippen LogP contribution >= 0.6 is 0 Å². The number of H-pyrrole nitrogens is 1. The van der Waals surface area contributed by atoms with Gasteiger partial charge in [-0.1, -0.05) is 6.07 Å². The van der Waals surface area contributed by atoms with E-state index < -0.39 is 0 Å². The third-order valence-corrected chi connectivity index (χ3v) is 3.22. The van der Waals surface area contributed by atoms with Gasteiger partial charge in [0, 0.05) is 24.7 Å². The molecule has 21 heavy (non-hydrogen) atoms. The third-order valence-electron chi connectivity index (χ3n) is 3.22. The first-order chi connectivity index (χ1) is 10.2. The smallest absolute Gasteiger partial charge is 0.306 e. The lowest BCUT2D eigenvalue weighted by molar-refractivity contribution is -0.144. The van der Waals surface area contributed by atoms with Crippen molar-refractivity contribution >= 4 is 22.8 Å². The molecule has 1 heterocycles. The van der Waals surface area contributed by atoms with Crippen molar-refractivity contribution in [2.24, 2.45) is 0 Å². The van der Waals surface area contributed by atoms with E-state index in [1.54, 1.807) is 6.92 Å². The zero-order valence-corrected chi connectivity index (χ0v) is 12.1. The molecule has 0 saturated heterocycles. The van der Waals surface area contributed by atoms with E-state index in [0.29, 0.717) is 13.2 Å². The van der Waals surface area contributed by atoms with E-state index in [0.717, 1.165) is 11.9 Å². The van der Waals surface area contributed by atoms with Crippen LogP contribution in [0.15, 0.2) is 30.5 Å².